The summed E-state index contributed by atoms with van der Waals surface area (Å²) in [6, 6.07) is 8.24. The van der Waals surface area contributed by atoms with Crippen LogP contribution in [0.3, 0.4) is 0 Å². The Balaban J connectivity index is 2.35. The molecule has 6 heteroatoms. The SMILES string of the molecule is CSc1ccc(Nc2nc(C(C)C)nc(NN)c2C)cc1. The topological polar surface area (TPSA) is 75.9 Å². The van der Waals surface area contributed by atoms with Gasteiger partial charge in [0.15, 0.2) is 0 Å². The summed E-state index contributed by atoms with van der Waals surface area (Å²) in [6.07, 6.45) is 2.06. The Morgan fingerprint density at radius 1 is 1.10 bits per heavy atom. The number of anilines is 3. The van der Waals surface area contributed by atoms with Gasteiger partial charge in [-0.3, -0.25) is 0 Å². The minimum atomic E-state index is 0.233. The van der Waals surface area contributed by atoms with Crippen LogP contribution in [0.25, 0.3) is 0 Å². The Labute approximate surface area is 129 Å². The maximum Gasteiger partial charge on any atom is 0.148 e. The van der Waals surface area contributed by atoms with Crippen molar-refractivity contribution in [2.24, 2.45) is 5.84 Å². The highest BCUT2D eigenvalue weighted by Crippen LogP contribution is 2.26. The van der Waals surface area contributed by atoms with Crippen molar-refractivity contribution in [3.8, 4) is 0 Å². The zero-order chi connectivity index (χ0) is 15.4. The molecule has 0 aliphatic rings. The Bertz CT molecular complexity index is 610. The van der Waals surface area contributed by atoms with Crippen molar-refractivity contribution < 1.29 is 0 Å². The molecule has 0 unspecified atom stereocenters. The van der Waals surface area contributed by atoms with Crippen LogP contribution in [0, 0.1) is 6.92 Å². The summed E-state index contributed by atoms with van der Waals surface area (Å²) >= 11 is 1.72. The summed E-state index contributed by atoms with van der Waals surface area (Å²) in [5.41, 5.74) is 4.53. The minimum Gasteiger partial charge on any atom is -0.340 e. The normalized spacial score (nSPS) is 10.8. The third kappa shape index (κ3) is 3.65. The van der Waals surface area contributed by atoms with E-state index in [-0.39, 0.29) is 5.92 Å². The molecule has 0 amide bonds. The second kappa shape index (κ2) is 6.78. The zero-order valence-corrected chi connectivity index (χ0v) is 13.6. The lowest BCUT2D eigenvalue weighted by Gasteiger charge is -2.15. The van der Waals surface area contributed by atoms with Gasteiger partial charge in [-0.25, -0.2) is 15.8 Å². The maximum atomic E-state index is 5.55. The van der Waals surface area contributed by atoms with Crippen molar-refractivity contribution in [1.29, 1.82) is 0 Å². The molecule has 4 N–H and O–H groups in total. The third-order valence-corrected chi connectivity index (χ3v) is 3.91. The number of hydrogen-bond donors (Lipinski definition) is 3. The van der Waals surface area contributed by atoms with E-state index < -0.39 is 0 Å². The summed E-state index contributed by atoms with van der Waals surface area (Å²) in [6.45, 7) is 6.06. The van der Waals surface area contributed by atoms with E-state index >= 15 is 0 Å². The van der Waals surface area contributed by atoms with E-state index in [9.17, 15) is 0 Å². The first kappa shape index (κ1) is 15.6. The van der Waals surface area contributed by atoms with E-state index in [4.69, 9.17) is 5.84 Å². The van der Waals surface area contributed by atoms with Crippen LogP contribution >= 0.6 is 11.8 Å². The van der Waals surface area contributed by atoms with Crippen molar-refractivity contribution in [2.75, 3.05) is 17.0 Å². The van der Waals surface area contributed by atoms with Crippen molar-refractivity contribution in [1.82, 2.24) is 9.97 Å². The smallest absolute Gasteiger partial charge is 0.148 e. The molecule has 0 radical (unpaired) electrons. The van der Waals surface area contributed by atoms with Crippen LogP contribution in [0.1, 0.15) is 31.2 Å². The Morgan fingerprint density at radius 3 is 2.24 bits per heavy atom. The fourth-order valence-electron chi connectivity index (χ4n) is 1.87. The van der Waals surface area contributed by atoms with E-state index in [1.807, 2.05) is 19.1 Å². The average Bonchev–Trinajstić information content (AvgIpc) is 2.49. The van der Waals surface area contributed by atoms with Crippen LogP contribution < -0.4 is 16.6 Å². The number of hydrazine groups is 1. The molecule has 21 heavy (non-hydrogen) atoms. The molecular formula is C15H21N5S. The molecule has 0 saturated carbocycles. The summed E-state index contributed by atoms with van der Waals surface area (Å²) in [5, 5.41) is 3.34. The van der Waals surface area contributed by atoms with Crippen LogP contribution in [0.5, 0.6) is 0 Å². The fourth-order valence-corrected chi connectivity index (χ4v) is 2.27. The summed E-state index contributed by atoms with van der Waals surface area (Å²) in [5.74, 6) is 7.97. The number of thioether (sulfide) groups is 1. The lowest BCUT2D eigenvalue weighted by Crippen LogP contribution is -2.14. The molecule has 0 spiro atoms. The van der Waals surface area contributed by atoms with Gasteiger partial charge in [-0.15, -0.1) is 11.8 Å². The second-order valence-electron chi connectivity index (χ2n) is 5.06. The molecular weight excluding hydrogens is 282 g/mol. The first-order valence-corrected chi connectivity index (χ1v) is 8.03. The van der Waals surface area contributed by atoms with E-state index in [0.717, 1.165) is 22.9 Å². The summed E-state index contributed by atoms with van der Waals surface area (Å²) in [7, 11) is 0. The number of nitrogens with zero attached hydrogens (tertiary/aromatic N) is 2. The molecule has 0 atom stereocenters. The first-order valence-electron chi connectivity index (χ1n) is 6.81. The van der Waals surface area contributed by atoms with Gasteiger partial charge in [-0.05, 0) is 37.4 Å². The fraction of sp³-hybridized carbons (Fsp3) is 0.333. The molecule has 0 bridgehead atoms. The highest BCUT2D eigenvalue weighted by atomic mass is 32.2. The van der Waals surface area contributed by atoms with Gasteiger partial charge in [0.25, 0.3) is 0 Å². The highest BCUT2D eigenvalue weighted by Gasteiger charge is 2.12. The predicted octanol–water partition coefficient (Wildman–Crippen LogP) is 3.66. The van der Waals surface area contributed by atoms with E-state index in [2.05, 4.69) is 52.9 Å². The lowest BCUT2D eigenvalue weighted by molar-refractivity contribution is 0.774. The first-order chi connectivity index (χ1) is 10.0. The van der Waals surface area contributed by atoms with E-state index in [1.54, 1.807) is 11.8 Å². The van der Waals surface area contributed by atoms with Gasteiger partial charge in [-0.2, -0.15) is 0 Å². The van der Waals surface area contributed by atoms with Gasteiger partial charge in [-0.1, -0.05) is 13.8 Å². The van der Waals surface area contributed by atoms with Gasteiger partial charge >= 0.3 is 0 Å². The molecule has 0 aliphatic carbocycles. The van der Waals surface area contributed by atoms with E-state index in [1.165, 1.54) is 4.90 Å². The molecule has 2 aromatic rings. The van der Waals surface area contributed by atoms with Crippen molar-refractivity contribution in [2.45, 2.75) is 31.6 Å². The van der Waals surface area contributed by atoms with Crippen molar-refractivity contribution in [3.05, 3.63) is 35.7 Å². The molecule has 1 aromatic heterocycles. The standard InChI is InChI=1S/C15H21N5S/c1-9(2)13-18-14(10(3)15(19-13)20-16)17-11-5-7-12(21-4)8-6-11/h5-9H,16H2,1-4H3,(H2,17,18,19,20). The van der Waals surface area contributed by atoms with Gasteiger partial charge < -0.3 is 10.7 Å². The van der Waals surface area contributed by atoms with Crippen LogP contribution in [0.4, 0.5) is 17.3 Å². The van der Waals surface area contributed by atoms with Gasteiger partial charge in [0.1, 0.15) is 17.5 Å². The molecule has 0 fully saturated rings. The van der Waals surface area contributed by atoms with Gasteiger partial charge in [0, 0.05) is 22.1 Å². The number of hydrogen-bond acceptors (Lipinski definition) is 6. The number of nitrogens with one attached hydrogen (secondary N) is 2. The van der Waals surface area contributed by atoms with Crippen molar-refractivity contribution >= 4 is 29.1 Å². The number of rotatable bonds is 5. The maximum absolute atomic E-state index is 5.55. The average molecular weight is 303 g/mol. The lowest BCUT2D eigenvalue weighted by atomic mass is 10.2. The Morgan fingerprint density at radius 2 is 1.71 bits per heavy atom. The third-order valence-electron chi connectivity index (χ3n) is 3.17. The number of aromatic nitrogens is 2. The predicted molar refractivity (Wildman–Crippen MR) is 90.2 cm³/mol. The summed E-state index contributed by atoms with van der Waals surface area (Å²) < 4.78 is 0. The molecule has 5 nitrogen and oxygen atoms in total. The largest absolute Gasteiger partial charge is 0.340 e. The van der Waals surface area contributed by atoms with E-state index in [0.29, 0.717) is 5.82 Å². The zero-order valence-electron chi connectivity index (χ0n) is 12.8. The molecule has 2 rings (SSSR count). The number of nitrogens with two attached hydrogens (primary N) is 1. The second-order valence-corrected chi connectivity index (χ2v) is 5.94. The molecule has 0 aliphatic heterocycles. The Hall–Kier alpha value is -1.79. The molecule has 1 aromatic carbocycles. The highest BCUT2D eigenvalue weighted by molar-refractivity contribution is 7.98. The molecule has 1 heterocycles. The van der Waals surface area contributed by atoms with Gasteiger partial charge in [0.05, 0.1) is 0 Å². The molecule has 0 saturated heterocycles. The van der Waals surface area contributed by atoms with Gasteiger partial charge in [0.2, 0.25) is 0 Å². The summed E-state index contributed by atoms with van der Waals surface area (Å²) in [4.78, 5) is 10.3. The van der Waals surface area contributed by atoms with Crippen LogP contribution in [0.2, 0.25) is 0 Å². The quantitative estimate of drug-likeness (QED) is 0.444. The van der Waals surface area contributed by atoms with Crippen LogP contribution in [-0.4, -0.2) is 16.2 Å². The molecule has 112 valence electrons. The number of nitrogen functional groups attached to an aromatic ring is 1. The number of benzene rings is 1. The minimum absolute atomic E-state index is 0.233. The monoisotopic (exact) mass is 303 g/mol. The van der Waals surface area contributed by atoms with Crippen LogP contribution in [0.15, 0.2) is 29.2 Å². The Kier molecular flexibility index (Phi) is 5.03. The van der Waals surface area contributed by atoms with Crippen LogP contribution in [-0.2, 0) is 0 Å². The van der Waals surface area contributed by atoms with Crippen molar-refractivity contribution in [3.63, 3.8) is 0 Å².